The topological polar surface area (TPSA) is 108 Å². The van der Waals surface area contributed by atoms with E-state index in [9.17, 15) is 19.0 Å². The Morgan fingerprint density at radius 3 is 1.30 bits per heavy atom. The molecule has 0 aromatic carbocycles. The van der Waals surface area contributed by atoms with Gasteiger partial charge in [-0.05, 0) is 83.5 Å². The van der Waals surface area contributed by atoms with Crippen molar-refractivity contribution in [3.63, 3.8) is 0 Å². The van der Waals surface area contributed by atoms with Crippen LogP contribution in [0.25, 0.3) is 0 Å². The molecule has 0 aliphatic heterocycles. The molecule has 66 heavy (non-hydrogen) atoms. The van der Waals surface area contributed by atoms with Gasteiger partial charge in [0.1, 0.15) is 19.8 Å². The van der Waals surface area contributed by atoms with E-state index in [1.165, 1.54) is 96.3 Å². The molecule has 0 rings (SSSR count). The third kappa shape index (κ3) is 50.9. The summed E-state index contributed by atoms with van der Waals surface area (Å²) in [6.07, 6.45) is 61.1. The second kappa shape index (κ2) is 47.5. The molecule has 0 fully saturated rings. The minimum absolute atomic E-state index is 0.0282. The van der Waals surface area contributed by atoms with E-state index in [-0.39, 0.29) is 32.0 Å². The molecule has 0 aliphatic carbocycles. The Hall–Kier alpha value is -2.55. The van der Waals surface area contributed by atoms with Crippen LogP contribution in [0.15, 0.2) is 72.9 Å². The van der Waals surface area contributed by atoms with E-state index in [1.54, 1.807) is 0 Å². The van der Waals surface area contributed by atoms with Crippen LogP contribution in [0.2, 0.25) is 0 Å². The van der Waals surface area contributed by atoms with Gasteiger partial charge in [0.15, 0.2) is 6.10 Å². The summed E-state index contributed by atoms with van der Waals surface area (Å²) in [6.45, 7) is 4.29. The molecule has 0 radical (unpaired) electrons. The number of carbonyl (C=O) groups is 2. The summed E-state index contributed by atoms with van der Waals surface area (Å²) in [5, 5.41) is 0. The summed E-state index contributed by atoms with van der Waals surface area (Å²) >= 11 is 0. The fourth-order valence-corrected chi connectivity index (χ4v) is 7.84. The average molecular weight is 947 g/mol. The predicted molar refractivity (Wildman–Crippen MR) is 279 cm³/mol. The van der Waals surface area contributed by atoms with Gasteiger partial charge in [0.2, 0.25) is 0 Å². The van der Waals surface area contributed by atoms with Gasteiger partial charge in [-0.25, -0.2) is 4.57 Å². The number of allylic oxidation sites excluding steroid dienone is 12. The van der Waals surface area contributed by atoms with Crippen molar-refractivity contribution in [2.75, 3.05) is 47.5 Å². The van der Waals surface area contributed by atoms with Crippen molar-refractivity contribution in [2.24, 2.45) is 0 Å². The fraction of sp³-hybridized carbons (Fsp3) is 0.750. The highest BCUT2D eigenvalue weighted by Crippen LogP contribution is 2.43. The summed E-state index contributed by atoms with van der Waals surface area (Å²) in [6, 6.07) is 0. The van der Waals surface area contributed by atoms with Crippen molar-refractivity contribution in [1.29, 1.82) is 0 Å². The number of unbranched alkanes of at least 4 members (excludes halogenated alkanes) is 22. The molecule has 9 nitrogen and oxygen atoms in total. The summed E-state index contributed by atoms with van der Waals surface area (Å²) < 4.78 is 34.4. The SMILES string of the molecule is CC/C=C\C/C=C\C/C=C\C/C=C\C/C=C\CCCCCCCCCCCCCCCC(=O)OC(COC(=O)CCCCCCC/C=C\CCCCCC)COP(=O)(O)OCC[N+](C)(C)C. The first-order valence-electron chi connectivity index (χ1n) is 26.7. The number of hydrogen-bond acceptors (Lipinski definition) is 7. The maximum Gasteiger partial charge on any atom is 0.472 e. The van der Waals surface area contributed by atoms with Crippen LogP contribution in [-0.4, -0.2) is 74.9 Å². The second-order valence-electron chi connectivity index (χ2n) is 18.9. The zero-order valence-electron chi connectivity index (χ0n) is 43.2. The molecule has 0 heterocycles. The number of phosphoric acid groups is 1. The maximum atomic E-state index is 12.8. The highest BCUT2D eigenvalue weighted by Gasteiger charge is 2.27. The molecule has 0 spiro atoms. The lowest BCUT2D eigenvalue weighted by Crippen LogP contribution is -2.37. The molecular formula is C56H101NO8P+. The number of rotatable bonds is 48. The second-order valence-corrected chi connectivity index (χ2v) is 20.3. The lowest BCUT2D eigenvalue weighted by molar-refractivity contribution is -0.870. The first-order valence-corrected chi connectivity index (χ1v) is 28.2. The predicted octanol–water partition coefficient (Wildman–Crippen LogP) is 16.1. The summed E-state index contributed by atoms with van der Waals surface area (Å²) in [5.74, 6) is -0.809. The van der Waals surface area contributed by atoms with E-state index in [2.05, 4.69) is 86.8 Å². The number of nitrogens with zero attached hydrogens (tertiary/aromatic N) is 1. The number of ether oxygens (including phenoxy) is 2. The van der Waals surface area contributed by atoms with E-state index < -0.39 is 26.5 Å². The van der Waals surface area contributed by atoms with Gasteiger partial charge >= 0.3 is 19.8 Å². The lowest BCUT2D eigenvalue weighted by Gasteiger charge is -2.24. The zero-order chi connectivity index (χ0) is 48.5. The molecule has 0 aromatic heterocycles. The summed E-state index contributed by atoms with van der Waals surface area (Å²) in [7, 11) is 1.47. The fourth-order valence-electron chi connectivity index (χ4n) is 7.09. The molecule has 0 saturated heterocycles. The number of esters is 2. The molecule has 0 saturated carbocycles. The molecular weight excluding hydrogens is 846 g/mol. The van der Waals surface area contributed by atoms with E-state index in [4.69, 9.17) is 18.5 Å². The Bertz CT molecular complexity index is 1350. The van der Waals surface area contributed by atoms with Gasteiger partial charge in [0, 0.05) is 12.8 Å². The van der Waals surface area contributed by atoms with Gasteiger partial charge in [0.05, 0.1) is 27.7 Å². The number of hydrogen-bond donors (Lipinski definition) is 1. The quantitative estimate of drug-likeness (QED) is 0.0211. The van der Waals surface area contributed by atoms with Gasteiger partial charge in [-0.3, -0.25) is 18.6 Å². The highest BCUT2D eigenvalue weighted by molar-refractivity contribution is 7.47. The molecule has 0 aliphatic rings. The highest BCUT2D eigenvalue weighted by atomic mass is 31.2. The lowest BCUT2D eigenvalue weighted by atomic mass is 10.0. The third-order valence-corrected chi connectivity index (χ3v) is 12.2. The van der Waals surface area contributed by atoms with Crippen molar-refractivity contribution in [3.8, 4) is 0 Å². The van der Waals surface area contributed by atoms with E-state index >= 15 is 0 Å². The van der Waals surface area contributed by atoms with E-state index in [0.29, 0.717) is 17.4 Å². The van der Waals surface area contributed by atoms with Crippen molar-refractivity contribution >= 4 is 19.8 Å². The molecule has 0 amide bonds. The molecule has 1 N–H and O–H groups in total. The van der Waals surface area contributed by atoms with Crippen LogP contribution in [0.5, 0.6) is 0 Å². The monoisotopic (exact) mass is 947 g/mol. The smallest absolute Gasteiger partial charge is 0.462 e. The van der Waals surface area contributed by atoms with Crippen molar-refractivity contribution < 1.29 is 42.1 Å². The van der Waals surface area contributed by atoms with Crippen molar-refractivity contribution in [2.45, 2.75) is 225 Å². The van der Waals surface area contributed by atoms with Crippen LogP contribution in [0.1, 0.15) is 219 Å². The molecule has 10 heteroatoms. The molecule has 382 valence electrons. The van der Waals surface area contributed by atoms with E-state index in [0.717, 1.165) is 89.9 Å². The van der Waals surface area contributed by atoms with Gasteiger partial charge in [0.25, 0.3) is 0 Å². The minimum atomic E-state index is -4.38. The third-order valence-electron chi connectivity index (χ3n) is 11.2. The number of quaternary nitrogens is 1. The summed E-state index contributed by atoms with van der Waals surface area (Å²) in [4.78, 5) is 35.5. The number of carbonyl (C=O) groups excluding carboxylic acids is 2. The Balaban J connectivity index is 4.14. The molecule has 0 bridgehead atoms. The zero-order valence-corrected chi connectivity index (χ0v) is 44.1. The Morgan fingerprint density at radius 1 is 0.485 bits per heavy atom. The largest absolute Gasteiger partial charge is 0.472 e. The molecule has 0 aromatic rings. The Labute approximate surface area is 406 Å². The number of phosphoric ester groups is 1. The van der Waals surface area contributed by atoms with Crippen molar-refractivity contribution in [3.05, 3.63) is 72.9 Å². The van der Waals surface area contributed by atoms with Gasteiger partial charge in [-0.1, -0.05) is 196 Å². The minimum Gasteiger partial charge on any atom is -0.462 e. The van der Waals surface area contributed by atoms with Crippen LogP contribution in [0.4, 0.5) is 0 Å². The van der Waals surface area contributed by atoms with Crippen LogP contribution in [-0.2, 0) is 32.7 Å². The van der Waals surface area contributed by atoms with E-state index in [1.807, 2.05) is 21.1 Å². The van der Waals surface area contributed by atoms with Crippen molar-refractivity contribution in [1.82, 2.24) is 0 Å². The Kier molecular flexibility index (Phi) is 45.7. The molecule has 2 unspecified atom stereocenters. The average Bonchev–Trinajstić information content (AvgIpc) is 3.27. The summed E-state index contributed by atoms with van der Waals surface area (Å²) in [5.41, 5.74) is 0. The molecule has 2 atom stereocenters. The van der Waals surface area contributed by atoms with Crippen LogP contribution in [0, 0.1) is 0 Å². The number of likely N-dealkylation sites (N-methyl/N-ethyl adjacent to an activating group) is 1. The first kappa shape index (κ1) is 63.5. The van der Waals surface area contributed by atoms with Gasteiger partial charge in [-0.2, -0.15) is 0 Å². The van der Waals surface area contributed by atoms with Crippen LogP contribution >= 0.6 is 7.82 Å². The van der Waals surface area contributed by atoms with Gasteiger partial charge in [-0.15, -0.1) is 0 Å². The van der Waals surface area contributed by atoms with Crippen LogP contribution < -0.4 is 0 Å². The maximum absolute atomic E-state index is 12.8. The Morgan fingerprint density at radius 2 is 0.864 bits per heavy atom. The first-order chi connectivity index (χ1) is 32.0. The standard InChI is InChI=1S/C56H100NO8P/c1-6-8-10-12-14-16-18-20-21-22-23-24-25-26-27-28-29-30-31-32-33-34-35-37-39-41-43-45-47-49-56(59)65-54(53-64-66(60,61)63-51-50-57(3,4)5)52-62-55(58)48-46-44-42-40-38-36-19-17-15-13-11-9-7-2/h8,10,14,16-17,19-21,23-24,26-27,54H,6-7,9,11-13,15,18,22,25,28-53H2,1-5H3/p+1/b10-8-,16-14-,19-17-,21-20-,24-23-,27-26-. The normalized spacial score (nSPS) is 14.0. The van der Waals surface area contributed by atoms with Gasteiger partial charge < -0.3 is 18.9 Å². The van der Waals surface area contributed by atoms with Crippen LogP contribution in [0.3, 0.4) is 0 Å².